The fourth-order valence-electron chi connectivity index (χ4n) is 2.90. The van der Waals surface area contributed by atoms with E-state index in [-0.39, 0.29) is 0 Å². The molecular weight excluding hydrogens is 397 g/mol. The van der Waals surface area contributed by atoms with Crippen molar-refractivity contribution < 1.29 is 14.2 Å². The molecule has 0 atom stereocenters. The highest BCUT2D eigenvalue weighted by atomic mass is 35.5. The van der Waals surface area contributed by atoms with Gasteiger partial charge in [0, 0.05) is 33.9 Å². The molecule has 4 rings (SSSR count). The van der Waals surface area contributed by atoms with Gasteiger partial charge in [-0.05, 0) is 42.0 Å². The van der Waals surface area contributed by atoms with E-state index in [4.69, 9.17) is 37.4 Å². The number of anilines is 1. The number of rotatable bonds is 6. The molecule has 0 fully saturated rings. The van der Waals surface area contributed by atoms with Crippen LogP contribution in [-0.2, 0) is 13.2 Å². The molecule has 0 saturated carbocycles. The quantitative estimate of drug-likeness (QED) is 0.539. The highest BCUT2D eigenvalue weighted by molar-refractivity contribution is 6.35. The Morgan fingerprint density at radius 1 is 0.893 bits per heavy atom. The van der Waals surface area contributed by atoms with Gasteiger partial charge >= 0.3 is 0 Å². The Labute approximate surface area is 173 Å². The van der Waals surface area contributed by atoms with Crippen LogP contribution in [0.25, 0.3) is 0 Å². The zero-order valence-corrected chi connectivity index (χ0v) is 16.6. The second-order valence-corrected chi connectivity index (χ2v) is 7.23. The zero-order chi connectivity index (χ0) is 19.3. The van der Waals surface area contributed by atoms with Gasteiger partial charge in [-0.2, -0.15) is 0 Å². The summed E-state index contributed by atoms with van der Waals surface area (Å²) in [7, 11) is 0. The maximum absolute atomic E-state index is 6.20. The summed E-state index contributed by atoms with van der Waals surface area (Å²) in [5.41, 5.74) is 2.98. The molecule has 0 aromatic heterocycles. The van der Waals surface area contributed by atoms with E-state index < -0.39 is 0 Å². The largest absolute Gasteiger partial charge is 0.489 e. The van der Waals surface area contributed by atoms with E-state index in [0.717, 1.165) is 34.1 Å². The van der Waals surface area contributed by atoms with E-state index in [1.54, 1.807) is 12.1 Å². The van der Waals surface area contributed by atoms with Gasteiger partial charge in [0.25, 0.3) is 0 Å². The van der Waals surface area contributed by atoms with E-state index in [2.05, 4.69) is 5.32 Å². The Bertz CT molecular complexity index is 978. The summed E-state index contributed by atoms with van der Waals surface area (Å²) >= 11 is 12.1. The Balaban J connectivity index is 1.37. The average Bonchev–Trinajstić information content (AvgIpc) is 2.72. The van der Waals surface area contributed by atoms with Crippen LogP contribution in [0.5, 0.6) is 17.2 Å². The summed E-state index contributed by atoms with van der Waals surface area (Å²) in [4.78, 5) is 0. The summed E-state index contributed by atoms with van der Waals surface area (Å²) in [6, 6.07) is 19.2. The highest BCUT2D eigenvalue weighted by Crippen LogP contribution is 2.32. The van der Waals surface area contributed by atoms with Crippen molar-refractivity contribution in [2.24, 2.45) is 0 Å². The van der Waals surface area contributed by atoms with Crippen LogP contribution in [0, 0.1) is 0 Å². The number of hydrogen-bond acceptors (Lipinski definition) is 4. The number of ether oxygens (including phenoxy) is 3. The van der Waals surface area contributed by atoms with Crippen molar-refractivity contribution in [3.63, 3.8) is 0 Å². The molecule has 144 valence electrons. The molecule has 4 nitrogen and oxygen atoms in total. The molecule has 0 saturated heterocycles. The summed E-state index contributed by atoms with van der Waals surface area (Å²) in [6.45, 7) is 2.22. The smallest absolute Gasteiger partial charge is 0.163 e. The second-order valence-electron chi connectivity index (χ2n) is 6.38. The molecule has 6 heteroatoms. The van der Waals surface area contributed by atoms with Crippen LogP contribution in [0.1, 0.15) is 11.1 Å². The van der Waals surface area contributed by atoms with Crippen molar-refractivity contribution in [1.82, 2.24) is 0 Å². The predicted octanol–water partition coefficient (Wildman–Crippen LogP) is 5.96. The molecule has 1 aliphatic heterocycles. The van der Waals surface area contributed by atoms with Crippen LogP contribution < -0.4 is 19.5 Å². The van der Waals surface area contributed by atoms with Gasteiger partial charge in [-0.15, -0.1) is 0 Å². The number of nitrogens with one attached hydrogen (secondary N) is 1. The van der Waals surface area contributed by atoms with Crippen LogP contribution in [0.3, 0.4) is 0 Å². The third kappa shape index (κ3) is 4.64. The van der Waals surface area contributed by atoms with Crippen LogP contribution in [0.15, 0.2) is 60.7 Å². The molecule has 28 heavy (non-hydrogen) atoms. The summed E-state index contributed by atoms with van der Waals surface area (Å²) in [6.07, 6.45) is 0. The van der Waals surface area contributed by atoms with E-state index in [1.165, 1.54) is 0 Å². The second kappa shape index (κ2) is 8.63. The lowest BCUT2D eigenvalue weighted by atomic mass is 10.2. The van der Waals surface area contributed by atoms with Gasteiger partial charge in [0.2, 0.25) is 0 Å². The van der Waals surface area contributed by atoms with Gasteiger partial charge in [0.1, 0.15) is 25.6 Å². The highest BCUT2D eigenvalue weighted by Gasteiger charge is 2.11. The van der Waals surface area contributed by atoms with Crippen molar-refractivity contribution in [2.75, 3.05) is 18.5 Å². The van der Waals surface area contributed by atoms with Crippen LogP contribution in [0.4, 0.5) is 5.69 Å². The van der Waals surface area contributed by atoms with Crippen LogP contribution in [0.2, 0.25) is 10.0 Å². The maximum atomic E-state index is 6.20. The van der Waals surface area contributed by atoms with E-state index >= 15 is 0 Å². The van der Waals surface area contributed by atoms with Crippen LogP contribution in [-0.4, -0.2) is 13.2 Å². The lowest BCUT2D eigenvalue weighted by Crippen LogP contribution is -2.15. The first-order valence-electron chi connectivity index (χ1n) is 8.96. The molecule has 0 bridgehead atoms. The van der Waals surface area contributed by atoms with Crippen molar-refractivity contribution >= 4 is 28.9 Å². The standard InChI is InChI=1S/C22H19Cl2NO3/c23-17-5-4-16(20(24)11-17)14-28-19-3-1-2-15(10-19)13-25-18-6-7-21-22(12-18)27-9-8-26-21/h1-7,10-12,25H,8-9,13-14H2. The minimum atomic E-state index is 0.384. The Morgan fingerprint density at radius 2 is 1.75 bits per heavy atom. The summed E-state index contributed by atoms with van der Waals surface area (Å²) in [5.74, 6) is 2.34. The first-order valence-corrected chi connectivity index (χ1v) is 9.72. The molecule has 3 aromatic carbocycles. The van der Waals surface area contributed by atoms with E-state index in [0.29, 0.717) is 36.4 Å². The average molecular weight is 416 g/mol. The number of hydrogen-bond donors (Lipinski definition) is 1. The van der Waals surface area contributed by atoms with Gasteiger partial charge in [-0.1, -0.05) is 41.4 Å². The number of benzene rings is 3. The minimum absolute atomic E-state index is 0.384. The first kappa shape index (κ1) is 18.8. The predicted molar refractivity (Wildman–Crippen MR) is 112 cm³/mol. The van der Waals surface area contributed by atoms with Gasteiger partial charge in [-0.3, -0.25) is 0 Å². The normalized spacial score (nSPS) is 12.5. The van der Waals surface area contributed by atoms with E-state index in [9.17, 15) is 0 Å². The van der Waals surface area contributed by atoms with Crippen molar-refractivity contribution in [2.45, 2.75) is 13.2 Å². The molecule has 1 N–H and O–H groups in total. The lowest BCUT2D eigenvalue weighted by Gasteiger charge is -2.19. The molecule has 0 unspecified atom stereocenters. The Kier molecular flexibility index (Phi) is 5.79. The number of halogens is 2. The lowest BCUT2D eigenvalue weighted by molar-refractivity contribution is 0.171. The van der Waals surface area contributed by atoms with Gasteiger partial charge < -0.3 is 19.5 Å². The Morgan fingerprint density at radius 3 is 2.61 bits per heavy atom. The molecule has 0 aliphatic carbocycles. The van der Waals surface area contributed by atoms with Gasteiger partial charge in [0.15, 0.2) is 11.5 Å². The zero-order valence-electron chi connectivity index (χ0n) is 15.1. The van der Waals surface area contributed by atoms with Gasteiger partial charge in [-0.25, -0.2) is 0 Å². The third-order valence-corrected chi connectivity index (χ3v) is 4.93. The molecule has 1 heterocycles. The molecule has 3 aromatic rings. The molecule has 0 amide bonds. The summed E-state index contributed by atoms with van der Waals surface area (Å²) in [5, 5.41) is 4.61. The fraction of sp³-hybridized carbons (Fsp3) is 0.182. The number of fused-ring (bicyclic) bond motifs is 1. The SMILES string of the molecule is Clc1ccc(COc2cccc(CNc3ccc4c(c3)OCCO4)c2)c(Cl)c1. The summed E-state index contributed by atoms with van der Waals surface area (Å²) < 4.78 is 17.1. The minimum Gasteiger partial charge on any atom is -0.489 e. The Hall–Kier alpha value is -2.56. The monoisotopic (exact) mass is 415 g/mol. The fourth-order valence-corrected chi connectivity index (χ4v) is 3.37. The van der Waals surface area contributed by atoms with Crippen LogP contribution >= 0.6 is 23.2 Å². The first-order chi connectivity index (χ1) is 13.7. The maximum Gasteiger partial charge on any atom is 0.163 e. The van der Waals surface area contributed by atoms with Crippen molar-refractivity contribution in [1.29, 1.82) is 0 Å². The topological polar surface area (TPSA) is 39.7 Å². The van der Waals surface area contributed by atoms with Gasteiger partial charge in [0.05, 0.1) is 0 Å². The van der Waals surface area contributed by atoms with E-state index in [1.807, 2.05) is 48.5 Å². The molecule has 1 aliphatic rings. The van der Waals surface area contributed by atoms with Crippen molar-refractivity contribution in [3.8, 4) is 17.2 Å². The molecule has 0 spiro atoms. The molecular formula is C22H19Cl2NO3. The molecule has 0 radical (unpaired) electrons. The van der Waals surface area contributed by atoms with Crippen molar-refractivity contribution in [3.05, 3.63) is 81.8 Å². The third-order valence-electron chi connectivity index (χ3n) is 4.35.